The third kappa shape index (κ3) is 1.79. The summed E-state index contributed by atoms with van der Waals surface area (Å²) in [4.78, 5) is 22.2. The monoisotopic (exact) mass is 287 g/mol. The van der Waals surface area contributed by atoms with E-state index in [1.54, 1.807) is 12.4 Å². The van der Waals surface area contributed by atoms with E-state index in [2.05, 4.69) is 23.8 Å². The topological polar surface area (TPSA) is 58.1 Å². The third-order valence-corrected chi connectivity index (χ3v) is 4.03. The van der Waals surface area contributed by atoms with E-state index in [0.29, 0.717) is 5.02 Å². The Labute approximate surface area is 121 Å². The Balaban J connectivity index is 2.23. The van der Waals surface area contributed by atoms with Gasteiger partial charge in [0.15, 0.2) is 0 Å². The Morgan fingerprint density at radius 2 is 2.05 bits per heavy atom. The zero-order valence-electron chi connectivity index (χ0n) is 11.5. The van der Waals surface area contributed by atoms with Crippen molar-refractivity contribution in [3.63, 3.8) is 0 Å². The highest BCUT2D eigenvalue weighted by molar-refractivity contribution is 6.33. The van der Waals surface area contributed by atoms with E-state index in [1.807, 2.05) is 19.1 Å². The Hall–Kier alpha value is -1.94. The zero-order valence-corrected chi connectivity index (χ0v) is 12.2. The van der Waals surface area contributed by atoms with Gasteiger partial charge in [0.05, 0.1) is 11.4 Å². The Morgan fingerprint density at radius 1 is 1.30 bits per heavy atom. The van der Waals surface area contributed by atoms with Gasteiger partial charge in [0.2, 0.25) is 0 Å². The highest BCUT2D eigenvalue weighted by Crippen LogP contribution is 2.46. The van der Waals surface area contributed by atoms with Crippen molar-refractivity contribution in [2.75, 3.05) is 0 Å². The molecule has 0 saturated carbocycles. The first-order valence-electron chi connectivity index (χ1n) is 6.35. The molecule has 1 aromatic heterocycles. The Kier molecular flexibility index (Phi) is 2.80. The van der Waals surface area contributed by atoms with Gasteiger partial charge < -0.3 is 4.98 Å². The van der Waals surface area contributed by atoms with E-state index >= 15 is 0 Å². The lowest BCUT2D eigenvalue weighted by Crippen LogP contribution is -2.27. The molecule has 0 amide bonds. The predicted octanol–water partition coefficient (Wildman–Crippen LogP) is 3.14. The first kappa shape index (κ1) is 13.1. The van der Waals surface area contributed by atoms with E-state index in [-0.39, 0.29) is 11.1 Å². The first-order valence-corrected chi connectivity index (χ1v) is 6.73. The minimum Gasteiger partial charge on any atom is -0.312 e. The van der Waals surface area contributed by atoms with Gasteiger partial charge in [-0.15, -0.1) is 0 Å². The molecule has 0 radical (unpaired) electrons. The van der Waals surface area contributed by atoms with E-state index in [0.717, 1.165) is 28.1 Å². The second-order valence-electron chi connectivity index (χ2n) is 5.48. The molecule has 0 aliphatic carbocycles. The number of H-pyrrole nitrogens is 1. The second-order valence-corrected chi connectivity index (χ2v) is 5.89. The number of nitrogens with one attached hydrogen (secondary N) is 1. The van der Waals surface area contributed by atoms with Gasteiger partial charge in [-0.05, 0) is 32.4 Å². The Bertz CT molecular complexity index is 770. The van der Waals surface area contributed by atoms with Gasteiger partial charge in [0.25, 0.3) is 0 Å². The fraction of sp³-hybridized carbons (Fsp3) is 0.267. The van der Waals surface area contributed by atoms with E-state index in [1.165, 1.54) is 0 Å². The average Bonchev–Trinajstić information content (AvgIpc) is 2.68. The summed E-state index contributed by atoms with van der Waals surface area (Å²) in [5, 5.41) is 0.715. The van der Waals surface area contributed by atoms with Crippen LogP contribution in [-0.2, 0) is 5.41 Å². The minimum absolute atomic E-state index is 0.321. The summed E-state index contributed by atoms with van der Waals surface area (Å²) in [6, 6.07) is 3.87. The molecule has 1 aliphatic rings. The van der Waals surface area contributed by atoms with Crippen molar-refractivity contribution in [2.45, 2.75) is 26.2 Å². The molecule has 0 bridgehead atoms. The molecular weight excluding hydrogens is 274 g/mol. The summed E-state index contributed by atoms with van der Waals surface area (Å²) in [7, 11) is 0. The largest absolute Gasteiger partial charge is 0.344 e. The van der Waals surface area contributed by atoms with Crippen LogP contribution in [0.3, 0.4) is 0 Å². The maximum Gasteiger partial charge on any atom is 0.344 e. The molecule has 102 valence electrons. The number of hydrogen-bond donors (Lipinski definition) is 1. The van der Waals surface area contributed by atoms with Crippen LogP contribution in [0.4, 0.5) is 5.69 Å². The molecule has 0 saturated heterocycles. The fourth-order valence-corrected chi connectivity index (χ4v) is 3.07. The summed E-state index contributed by atoms with van der Waals surface area (Å²) in [6.07, 6.45) is 3.19. The van der Waals surface area contributed by atoms with Gasteiger partial charge in [0, 0.05) is 34.0 Å². The van der Waals surface area contributed by atoms with Crippen LogP contribution in [0.15, 0.2) is 34.3 Å². The SMILES string of the molecule is Cc1ccc(Cl)c2c1N=C(c1cnc(=O)[nH]c1)C2(C)C. The average molecular weight is 288 g/mol. The van der Waals surface area contributed by atoms with Crippen LogP contribution in [-0.4, -0.2) is 15.7 Å². The molecular formula is C15H14ClN3O. The normalized spacial score (nSPS) is 15.9. The number of aromatic nitrogens is 2. The molecule has 20 heavy (non-hydrogen) atoms. The molecule has 0 spiro atoms. The van der Waals surface area contributed by atoms with Gasteiger partial charge in [-0.2, -0.15) is 0 Å². The summed E-state index contributed by atoms with van der Waals surface area (Å²) >= 11 is 6.36. The van der Waals surface area contributed by atoms with Crippen LogP contribution in [0.5, 0.6) is 0 Å². The van der Waals surface area contributed by atoms with Crippen LogP contribution in [0.25, 0.3) is 0 Å². The molecule has 0 fully saturated rings. The molecule has 0 unspecified atom stereocenters. The predicted molar refractivity (Wildman–Crippen MR) is 80.3 cm³/mol. The number of aryl methyl sites for hydroxylation is 1. The molecule has 1 aromatic carbocycles. The number of fused-ring (bicyclic) bond motifs is 1. The summed E-state index contributed by atoms with van der Waals surface area (Å²) in [5.74, 6) is 0. The second kappa shape index (κ2) is 4.28. The van der Waals surface area contributed by atoms with Crippen LogP contribution >= 0.6 is 11.6 Å². The molecule has 4 nitrogen and oxygen atoms in total. The molecule has 1 N–H and O–H groups in total. The summed E-state index contributed by atoms with van der Waals surface area (Å²) in [6.45, 7) is 6.17. The number of benzene rings is 1. The lowest BCUT2D eigenvalue weighted by Gasteiger charge is -2.23. The maximum atomic E-state index is 11.1. The number of aliphatic imine (C=N–C) groups is 1. The quantitative estimate of drug-likeness (QED) is 0.876. The molecule has 1 aliphatic heterocycles. The van der Waals surface area contributed by atoms with Crippen LogP contribution < -0.4 is 5.69 Å². The van der Waals surface area contributed by atoms with Crippen molar-refractivity contribution in [3.8, 4) is 0 Å². The molecule has 5 heteroatoms. The van der Waals surface area contributed by atoms with Gasteiger partial charge in [-0.1, -0.05) is 17.7 Å². The van der Waals surface area contributed by atoms with Crippen molar-refractivity contribution in [1.82, 2.24) is 9.97 Å². The Morgan fingerprint density at radius 3 is 2.65 bits per heavy atom. The number of aromatic amines is 1. The van der Waals surface area contributed by atoms with Crippen molar-refractivity contribution >= 4 is 23.0 Å². The number of hydrogen-bond acceptors (Lipinski definition) is 3. The van der Waals surface area contributed by atoms with Crippen molar-refractivity contribution in [2.24, 2.45) is 4.99 Å². The van der Waals surface area contributed by atoms with E-state index in [4.69, 9.17) is 16.6 Å². The zero-order chi connectivity index (χ0) is 14.5. The van der Waals surface area contributed by atoms with E-state index < -0.39 is 0 Å². The van der Waals surface area contributed by atoms with Crippen molar-refractivity contribution in [1.29, 1.82) is 0 Å². The van der Waals surface area contributed by atoms with Crippen molar-refractivity contribution in [3.05, 3.63) is 56.7 Å². The fourth-order valence-electron chi connectivity index (χ4n) is 2.68. The van der Waals surface area contributed by atoms with Crippen LogP contribution in [0, 0.1) is 6.92 Å². The third-order valence-electron chi connectivity index (χ3n) is 3.71. The molecule has 3 rings (SSSR count). The lowest BCUT2D eigenvalue weighted by atomic mass is 9.79. The van der Waals surface area contributed by atoms with Gasteiger partial charge >= 0.3 is 5.69 Å². The minimum atomic E-state index is -0.364. The first-order chi connectivity index (χ1) is 9.41. The number of nitrogens with zero attached hydrogens (tertiary/aromatic N) is 2. The highest BCUT2D eigenvalue weighted by Gasteiger charge is 2.38. The van der Waals surface area contributed by atoms with Crippen LogP contribution in [0.2, 0.25) is 5.02 Å². The number of halogens is 1. The van der Waals surface area contributed by atoms with Crippen LogP contribution in [0.1, 0.15) is 30.5 Å². The van der Waals surface area contributed by atoms with Gasteiger partial charge in [-0.25, -0.2) is 9.78 Å². The maximum absolute atomic E-state index is 11.1. The number of rotatable bonds is 1. The van der Waals surface area contributed by atoms with Gasteiger partial charge in [-0.3, -0.25) is 4.99 Å². The lowest BCUT2D eigenvalue weighted by molar-refractivity contribution is 0.736. The molecule has 2 heterocycles. The smallest absolute Gasteiger partial charge is 0.312 e. The standard InChI is InChI=1S/C15H14ClN3O/c1-8-4-5-10(16)11-12(8)19-13(15(11,2)3)9-6-17-14(20)18-7-9/h4-7H,1-3H3,(H,17,18,20). The van der Waals surface area contributed by atoms with Crippen molar-refractivity contribution < 1.29 is 0 Å². The molecule has 0 atom stereocenters. The van der Waals surface area contributed by atoms with E-state index in [9.17, 15) is 4.79 Å². The van der Waals surface area contributed by atoms with Gasteiger partial charge in [0.1, 0.15) is 0 Å². The summed E-state index contributed by atoms with van der Waals surface area (Å²) in [5.41, 5.74) is 4.03. The summed E-state index contributed by atoms with van der Waals surface area (Å²) < 4.78 is 0. The molecule has 2 aromatic rings. The highest BCUT2D eigenvalue weighted by atomic mass is 35.5.